The number of hydrogen-bond donors (Lipinski definition) is 1. The Labute approximate surface area is 310 Å². The highest BCUT2D eigenvalue weighted by molar-refractivity contribution is 7.89. The van der Waals surface area contributed by atoms with E-state index in [1.54, 1.807) is 31.4 Å². The van der Waals surface area contributed by atoms with Crippen LogP contribution < -0.4 is 14.8 Å². The lowest BCUT2D eigenvalue weighted by Gasteiger charge is -2.35. The number of carbonyl (C=O) groups is 1. The van der Waals surface area contributed by atoms with E-state index in [9.17, 15) is 13.2 Å². The van der Waals surface area contributed by atoms with Crippen molar-refractivity contribution in [3.8, 4) is 11.8 Å². The van der Waals surface area contributed by atoms with Crippen LogP contribution in [0.4, 0.5) is 5.69 Å². The molecule has 280 valence electrons. The molecule has 0 saturated heterocycles. The summed E-state index contributed by atoms with van der Waals surface area (Å²) in [6, 6.07) is 17.1. The number of ether oxygens (including phenoxy) is 3. The van der Waals surface area contributed by atoms with Gasteiger partial charge in [0.25, 0.3) is 0 Å². The molecule has 3 heterocycles. The third kappa shape index (κ3) is 7.62. The molecule has 2 aromatic heterocycles. The Balaban J connectivity index is 1.40. The highest BCUT2D eigenvalue weighted by atomic mass is 32.2. The van der Waals surface area contributed by atoms with Gasteiger partial charge in [-0.3, -0.25) is 4.79 Å². The molecule has 3 aromatic carbocycles. The van der Waals surface area contributed by atoms with Crippen molar-refractivity contribution in [2.75, 3.05) is 32.2 Å². The zero-order valence-corrected chi connectivity index (χ0v) is 32.1. The second-order valence-electron chi connectivity index (χ2n) is 13.8. The summed E-state index contributed by atoms with van der Waals surface area (Å²) in [6.07, 6.45) is 3.35. The first-order valence-electron chi connectivity index (χ1n) is 17.8. The maximum Gasteiger partial charge on any atom is 0.316 e. The molecule has 0 radical (unpaired) electrons. The fraction of sp³-hybridized carbons (Fsp3) is 0.410. The number of hydrogen-bond acceptors (Lipinski definition) is 10. The number of rotatable bonds is 13. The lowest BCUT2D eigenvalue weighted by molar-refractivity contribution is -0.124. The highest BCUT2D eigenvalue weighted by Gasteiger charge is 2.41. The average molecular weight is 742 g/mol. The first-order chi connectivity index (χ1) is 25.4. The van der Waals surface area contributed by atoms with Gasteiger partial charge < -0.3 is 19.5 Å². The quantitative estimate of drug-likeness (QED) is 0.142. The number of nitrogens with zero attached hydrogens (tertiary/aromatic N) is 6. The van der Waals surface area contributed by atoms with Crippen LogP contribution in [0.25, 0.3) is 11.0 Å². The predicted octanol–water partition coefficient (Wildman–Crippen LogP) is 6.04. The van der Waals surface area contributed by atoms with Crippen LogP contribution in [0.1, 0.15) is 67.9 Å². The molecule has 0 fully saturated rings. The number of aryl methyl sites for hydroxylation is 3. The van der Waals surface area contributed by atoms with E-state index in [-0.39, 0.29) is 36.0 Å². The number of amides is 1. The van der Waals surface area contributed by atoms with Crippen LogP contribution in [0, 0.1) is 19.3 Å². The van der Waals surface area contributed by atoms with Crippen LogP contribution in [-0.4, -0.2) is 76.6 Å². The zero-order valence-electron chi connectivity index (χ0n) is 31.3. The first-order valence-corrected chi connectivity index (χ1v) is 19.3. The maximum atomic E-state index is 14.4. The van der Waals surface area contributed by atoms with Crippen LogP contribution in [-0.2, 0) is 32.6 Å². The van der Waals surface area contributed by atoms with Gasteiger partial charge in [-0.1, -0.05) is 62.4 Å². The third-order valence-electron chi connectivity index (χ3n) is 9.98. The van der Waals surface area contributed by atoms with E-state index in [2.05, 4.69) is 25.6 Å². The molecule has 5 aromatic rings. The number of fused-ring (bicyclic) bond motifs is 2. The molecular weight excluding hydrogens is 695 g/mol. The minimum Gasteiger partial charge on any atom is -0.488 e. The van der Waals surface area contributed by atoms with Crippen LogP contribution >= 0.6 is 0 Å². The molecule has 0 aliphatic carbocycles. The van der Waals surface area contributed by atoms with Gasteiger partial charge in [0.2, 0.25) is 15.9 Å². The summed E-state index contributed by atoms with van der Waals surface area (Å²) in [5.74, 6) is -0.374. The van der Waals surface area contributed by atoms with E-state index in [1.165, 1.54) is 16.7 Å². The van der Waals surface area contributed by atoms with Crippen molar-refractivity contribution in [2.45, 2.75) is 78.0 Å². The molecule has 0 spiro atoms. The monoisotopic (exact) mass is 741 g/mol. The summed E-state index contributed by atoms with van der Waals surface area (Å²) in [5.41, 5.74) is 5.46. The van der Waals surface area contributed by atoms with Gasteiger partial charge in [-0.05, 0) is 73.2 Å². The van der Waals surface area contributed by atoms with Crippen LogP contribution in [0.2, 0.25) is 0 Å². The van der Waals surface area contributed by atoms with Gasteiger partial charge in [0.1, 0.15) is 28.9 Å². The number of methoxy groups -OCH3 is 1. The molecule has 0 saturated carbocycles. The van der Waals surface area contributed by atoms with E-state index in [4.69, 9.17) is 14.2 Å². The molecule has 1 aliphatic heterocycles. The van der Waals surface area contributed by atoms with E-state index < -0.39 is 21.4 Å². The third-order valence-corrected chi connectivity index (χ3v) is 11.8. The first kappa shape index (κ1) is 37.8. The van der Waals surface area contributed by atoms with Crippen molar-refractivity contribution in [2.24, 2.45) is 5.41 Å². The van der Waals surface area contributed by atoms with Crippen molar-refractivity contribution < 1.29 is 27.4 Å². The smallest absolute Gasteiger partial charge is 0.316 e. The second-order valence-corrected chi connectivity index (χ2v) is 15.7. The molecule has 14 heteroatoms. The van der Waals surface area contributed by atoms with Gasteiger partial charge in [0.15, 0.2) is 0 Å². The van der Waals surface area contributed by atoms with Crippen molar-refractivity contribution in [3.05, 3.63) is 94.8 Å². The summed E-state index contributed by atoms with van der Waals surface area (Å²) in [7, 11) is -2.30. The summed E-state index contributed by atoms with van der Waals surface area (Å²) < 4.78 is 48.2. The van der Waals surface area contributed by atoms with Crippen LogP contribution in [0.5, 0.6) is 11.8 Å². The summed E-state index contributed by atoms with van der Waals surface area (Å²) >= 11 is 0. The minimum atomic E-state index is -3.88. The Kier molecular flexibility index (Phi) is 11.1. The number of nitrogens with one attached hydrogen (secondary N) is 1. The number of carbonyl (C=O) groups excluding carboxylic acids is 1. The molecule has 0 bridgehead atoms. The van der Waals surface area contributed by atoms with Crippen molar-refractivity contribution in [1.82, 2.24) is 29.3 Å². The molecular formula is C39H47N7O6S. The number of sulfonamides is 1. The highest BCUT2D eigenvalue weighted by Crippen LogP contribution is 2.45. The number of aromatic nitrogens is 5. The number of para-hydroxylation sites is 1. The SMILES string of the molecule is CC[C@@H]1CN(Cc2cc([C@@H](c3ccc4c(nnn4CC)c3C)C(C)(C)C(=O)Nc3cnc(OCCOC)nc3)ccc2C)S(=O)(=O)c2ccccc2O1. The standard InChI is InChI=1S/C39H47N7O6S/c1-8-30-24-45(53(48,49)34-13-11-10-12-33(34)52-30)23-28-20-27(15-14-25(28)3)35(31-16-17-32-36(26(31)4)43-44-46(32)9-2)39(5,6)37(47)42-29-21-40-38(41-22-29)51-19-18-50-7/h10-17,20-22,30,35H,8-9,18-19,23-24H2,1-7H3,(H,42,47)/t30-,35+/m1/s1. The molecule has 0 unspecified atom stereocenters. The zero-order chi connectivity index (χ0) is 37.9. The Morgan fingerprint density at radius 2 is 1.81 bits per heavy atom. The number of anilines is 1. The van der Waals surface area contributed by atoms with Crippen molar-refractivity contribution in [1.29, 1.82) is 0 Å². The Bertz CT molecular complexity index is 2200. The minimum absolute atomic E-state index is 0.133. The number of benzene rings is 3. The van der Waals surface area contributed by atoms with Crippen molar-refractivity contribution >= 4 is 32.7 Å². The molecule has 1 amide bonds. The predicted molar refractivity (Wildman–Crippen MR) is 202 cm³/mol. The van der Waals surface area contributed by atoms with Crippen LogP contribution in [0.15, 0.2) is 71.9 Å². The lowest BCUT2D eigenvalue weighted by Crippen LogP contribution is -2.38. The van der Waals surface area contributed by atoms with Gasteiger partial charge >= 0.3 is 6.01 Å². The van der Waals surface area contributed by atoms with Gasteiger partial charge in [-0.25, -0.2) is 23.1 Å². The van der Waals surface area contributed by atoms with Crippen LogP contribution in [0.3, 0.4) is 0 Å². The summed E-state index contributed by atoms with van der Waals surface area (Å²) in [4.78, 5) is 23.0. The van der Waals surface area contributed by atoms with E-state index in [1.807, 2.05) is 76.6 Å². The van der Waals surface area contributed by atoms with E-state index in [0.29, 0.717) is 37.6 Å². The average Bonchev–Trinajstić information content (AvgIpc) is 3.54. The van der Waals surface area contributed by atoms with E-state index in [0.717, 1.165) is 38.9 Å². The van der Waals surface area contributed by atoms with Gasteiger partial charge in [0.05, 0.1) is 42.2 Å². The lowest BCUT2D eigenvalue weighted by atomic mass is 9.69. The summed E-state index contributed by atoms with van der Waals surface area (Å²) in [6.45, 7) is 13.5. The molecule has 6 rings (SSSR count). The largest absolute Gasteiger partial charge is 0.488 e. The van der Waals surface area contributed by atoms with Gasteiger partial charge in [-0.15, -0.1) is 5.10 Å². The van der Waals surface area contributed by atoms with E-state index >= 15 is 0 Å². The Morgan fingerprint density at radius 3 is 2.53 bits per heavy atom. The van der Waals surface area contributed by atoms with Crippen molar-refractivity contribution in [3.63, 3.8) is 0 Å². The van der Waals surface area contributed by atoms with Gasteiger partial charge in [-0.2, -0.15) is 4.31 Å². The van der Waals surface area contributed by atoms with Gasteiger partial charge in [0, 0.05) is 26.1 Å². The molecule has 1 N–H and O–H groups in total. The Morgan fingerprint density at radius 1 is 1.06 bits per heavy atom. The molecule has 53 heavy (non-hydrogen) atoms. The fourth-order valence-corrected chi connectivity index (χ4v) is 8.41. The Hall–Kier alpha value is -4.92. The maximum absolute atomic E-state index is 14.4. The second kappa shape index (κ2) is 15.6. The topological polar surface area (TPSA) is 151 Å². The molecule has 2 atom stereocenters. The fourth-order valence-electron chi connectivity index (χ4n) is 6.84. The summed E-state index contributed by atoms with van der Waals surface area (Å²) in [5, 5.41) is 11.9. The molecule has 1 aliphatic rings. The normalized spacial score (nSPS) is 16.4. The molecule has 13 nitrogen and oxygen atoms in total.